The molecule has 1 aliphatic heterocycles. The van der Waals surface area contributed by atoms with E-state index in [1.807, 2.05) is 54.6 Å². The summed E-state index contributed by atoms with van der Waals surface area (Å²) in [4.78, 5) is 34.0. The molecule has 196 valence electrons. The first-order valence-electron chi connectivity index (χ1n) is 12.5. The number of carbonyl (C=O) groups is 1. The van der Waals surface area contributed by atoms with Gasteiger partial charge in [0, 0.05) is 20.6 Å². The second-order valence-electron chi connectivity index (χ2n) is 9.15. The molecule has 0 aliphatic carbocycles. The molecular formula is C29H22BrClN4O3S. The van der Waals surface area contributed by atoms with Gasteiger partial charge < -0.3 is 9.64 Å². The van der Waals surface area contributed by atoms with Gasteiger partial charge in [0.1, 0.15) is 10.3 Å². The third-order valence-corrected chi connectivity index (χ3v) is 8.27. The summed E-state index contributed by atoms with van der Waals surface area (Å²) in [5.74, 6) is 0.989. The lowest BCUT2D eigenvalue weighted by Crippen LogP contribution is -2.32. The van der Waals surface area contributed by atoms with E-state index in [-0.39, 0.29) is 11.5 Å². The Morgan fingerprint density at radius 3 is 2.51 bits per heavy atom. The quantitative estimate of drug-likeness (QED) is 0.212. The Hall–Kier alpha value is -3.53. The molecule has 0 saturated carbocycles. The van der Waals surface area contributed by atoms with E-state index in [1.165, 1.54) is 15.9 Å². The predicted octanol–water partition coefficient (Wildman–Crippen LogP) is 5.88. The largest absolute Gasteiger partial charge is 0.494 e. The molecule has 0 spiro atoms. The van der Waals surface area contributed by atoms with E-state index in [0.717, 1.165) is 39.9 Å². The van der Waals surface area contributed by atoms with Crippen molar-refractivity contribution in [3.8, 4) is 17.1 Å². The maximum absolute atomic E-state index is 13.8. The van der Waals surface area contributed by atoms with Crippen molar-refractivity contribution in [3.63, 3.8) is 0 Å². The van der Waals surface area contributed by atoms with E-state index < -0.39 is 0 Å². The number of nitrogens with zero attached hydrogens (tertiary/aromatic N) is 4. The van der Waals surface area contributed by atoms with Crippen molar-refractivity contribution < 1.29 is 9.53 Å². The number of carbonyl (C=O) groups excluding carboxylic acids is 1. The second kappa shape index (κ2) is 10.6. The number of amides is 1. The van der Waals surface area contributed by atoms with Gasteiger partial charge in [0.15, 0.2) is 5.82 Å². The van der Waals surface area contributed by atoms with Crippen molar-refractivity contribution in [3.05, 3.63) is 102 Å². The number of rotatable bonds is 7. The number of aromatic nitrogens is 3. The van der Waals surface area contributed by atoms with Crippen LogP contribution in [0.15, 0.2) is 76.0 Å². The number of anilines is 1. The zero-order valence-corrected chi connectivity index (χ0v) is 24.0. The molecule has 39 heavy (non-hydrogen) atoms. The van der Waals surface area contributed by atoms with E-state index in [4.69, 9.17) is 16.3 Å². The van der Waals surface area contributed by atoms with Gasteiger partial charge in [-0.05, 0) is 66.6 Å². The number of thiazole rings is 1. The molecule has 0 N–H and O–H groups in total. The van der Waals surface area contributed by atoms with Crippen LogP contribution >= 0.6 is 38.9 Å². The Morgan fingerprint density at radius 2 is 1.79 bits per heavy atom. The minimum atomic E-state index is -0.365. The van der Waals surface area contributed by atoms with Crippen LogP contribution in [0.25, 0.3) is 21.9 Å². The molecule has 2 aromatic heterocycles. The fourth-order valence-corrected chi connectivity index (χ4v) is 5.98. The van der Waals surface area contributed by atoms with Crippen LogP contribution < -0.4 is 19.7 Å². The predicted molar refractivity (Wildman–Crippen MR) is 157 cm³/mol. The highest BCUT2D eigenvalue weighted by Gasteiger charge is 2.34. The van der Waals surface area contributed by atoms with Crippen LogP contribution in [0.1, 0.15) is 30.9 Å². The number of unbranched alkanes of at least 4 members (excludes halogenated alkanes) is 1. The van der Waals surface area contributed by atoms with Gasteiger partial charge in [0.2, 0.25) is 4.96 Å². The molecule has 1 aliphatic rings. The first-order chi connectivity index (χ1) is 18.9. The summed E-state index contributed by atoms with van der Waals surface area (Å²) in [6.45, 7) is 3.14. The van der Waals surface area contributed by atoms with E-state index in [9.17, 15) is 9.59 Å². The SMILES string of the molecule is CCCCOc1ccc(-c2nc3s/c(=C4\C(=O)N(Cc5ccc(Cl)cc5)c5ccc(Br)cc54)c(=O)n3n2)cc1. The zero-order valence-electron chi connectivity index (χ0n) is 20.9. The third kappa shape index (κ3) is 4.86. The Kier molecular flexibility index (Phi) is 6.97. The van der Waals surface area contributed by atoms with Crippen molar-refractivity contribution in [2.75, 3.05) is 11.5 Å². The van der Waals surface area contributed by atoms with E-state index in [2.05, 4.69) is 32.9 Å². The van der Waals surface area contributed by atoms with Gasteiger partial charge in [-0.25, -0.2) is 0 Å². The average molecular weight is 622 g/mol. The number of ether oxygens (including phenoxy) is 1. The fraction of sp³-hybridized carbons (Fsp3) is 0.172. The molecule has 0 bridgehead atoms. The van der Waals surface area contributed by atoms with Crippen LogP contribution in [0.5, 0.6) is 5.75 Å². The Balaban J connectivity index is 1.39. The molecular weight excluding hydrogens is 600 g/mol. The van der Waals surface area contributed by atoms with Crippen LogP contribution in [0.4, 0.5) is 5.69 Å². The Bertz CT molecular complexity index is 1820. The zero-order chi connectivity index (χ0) is 27.1. The highest BCUT2D eigenvalue weighted by molar-refractivity contribution is 9.10. The van der Waals surface area contributed by atoms with Crippen molar-refractivity contribution in [2.45, 2.75) is 26.3 Å². The van der Waals surface area contributed by atoms with Crippen LogP contribution in [0.3, 0.4) is 0 Å². The van der Waals surface area contributed by atoms with E-state index in [1.54, 1.807) is 17.0 Å². The molecule has 6 rings (SSSR count). The lowest BCUT2D eigenvalue weighted by molar-refractivity contribution is -0.113. The molecule has 0 saturated heterocycles. The van der Waals surface area contributed by atoms with Gasteiger partial charge >= 0.3 is 0 Å². The first kappa shape index (κ1) is 25.7. The number of hydrogen-bond donors (Lipinski definition) is 0. The summed E-state index contributed by atoms with van der Waals surface area (Å²) < 4.78 is 8.14. The summed E-state index contributed by atoms with van der Waals surface area (Å²) >= 11 is 10.7. The highest BCUT2D eigenvalue weighted by atomic mass is 79.9. The number of halogens is 2. The number of fused-ring (bicyclic) bond motifs is 2. The smallest absolute Gasteiger partial charge is 0.291 e. The molecule has 3 aromatic carbocycles. The average Bonchev–Trinajstić information content (AvgIpc) is 3.56. The van der Waals surface area contributed by atoms with Crippen LogP contribution in [0.2, 0.25) is 5.02 Å². The van der Waals surface area contributed by atoms with Crippen molar-refractivity contribution >= 4 is 61.0 Å². The molecule has 0 radical (unpaired) electrons. The van der Waals surface area contributed by atoms with Gasteiger partial charge in [-0.15, -0.1) is 5.10 Å². The summed E-state index contributed by atoms with van der Waals surface area (Å²) in [5, 5.41) is 5.10. The summed E-state index contributed by atoms with van der Waals surface area (Å²) in [6.07, 6.45) is 2.07. The van der Waals surface area contributed by atoms with Gasteiger partial charge in [0.05, 0.1) is 24.4 Å². The maximum Gasteiger partial charge on any atom is 0.291 e. The Labute approximate surface area is 241 Å². The van der Waals surface area contributed by atoms with Gasteiger partial charge in [-0.3, -0.25) is 9.59 Å². The van der Waals surface area contributed by atoms with Crippen LogP contribution in [-0.4, -0.2) is 27.1 Å². The normalized spacial score (nSPS) is 14.3. The lowest BCUT2D eigenvalue weighted by atomic mass is 10.1. The van der Waals surface area contributed by atoms with Gasteiger partial charge in [0.25, 0.3) is 11.5 Å². The highest BCUT2D eigenvalue weighted by Crippen LogP contribution is 2.38. The summed E-state index contributed by atoms with van der Waals surface area (Å²) in [6, 6.07) is 20.5. The van der Waals surface area contributed by atoms with E-state index in [0.29, 0.717) is 44.6 Å². The summed E-state index contributed by atoms with van der Waals surface area (Å²) in [5.41, 5.74) is 3.15. The topological polar surface area (TPSA) is 76.8 Å². The van der Waals surface area contributed by atoms with Crippen molar-refractivity contribution in [2.24, 2.45) is 0 Å². The van der Waals surface area contributed by atoms with Crippen molar-refractivity contribution in [1.82, 2.24) is 14.6 Å². The number of hydrogen-bond acceptors (Lipinski definition) is 6. The number of benzene rings is 3. The molecule has 0 fully saturated rings. The molecule has 0 unspecified atom stereocenters. The van der Waals surface area contributed by atoms with Crippen molar-refractivity contribution in [1.29, 1.82) is 0 Å². The van der Waals surface area contributed by atoms with Crippen LogP contribution in [-0.2, 0) is 11.3 Å². The molecule has 3 heterocycles. The molecule has 7 nitrogen and oxygen atoms in total. The molecule has 5 aromatic rings. The maximum atomic E-state index is 13.8. The minimum absolute atomic E-state index is 0.237. The third-order valence-electron chi connectivity index (χ3n) is 6.50. The molecule has 10 heteroatoms. The van der Waals surface area contributed by atoms with Gasteiger partial charge in [-0.2, -0.15) is 9.50 Å². The standard InChI is InChI=1S/C29H22BrClN4O3S/c1-2-3-14-38-21-11-6-18(7-12-21)26-32-29-35(33-26)28(37)25(39-29)24-22-15-19(30)8-13-23(22)34(27(24)36)16-17-4-9-20(31)10-5-17/h4-13,15H,2-3,14,16H2,1H3/b25-24-. The molecule has 0 atom stereocenters. The monoisotopic (exact) mass is 620 g/mol. The lowest BCUT2D eigenvalue weighted by Gasteiger charge is -2.17. The summed E-state index contributed by atoms with van der Waals surface area (Å²) in [7, 11) is 0. The first-order valence-corrected chi connectivity index (χ1v) is 14.4. The van der Waals surface area contributed by atoms with E-state index >= 15 is 0 Å². The van der Waals surface area contributed by atoms with Gasteiger partial charge in [-0.1, -0.05) is 64.3 Å². The van der Waals surface area contributed by atoms with Crippen LogP contribution in [0, 0.1) is 0 Å². The fourth-order valence-electron chi connectivity index (χ4n) is 4.49. The minimum Gasteiger partial charge on any atom is -0.494 e. The Morgan fingerprint density at radius 1 is 1.03 bits per heavy atom. The second-order valence-corrected chi connectivity index (χ2v) is 11.5. The molecule has 1 amide bonds.